The Kier molecular flexibility index (Phi) is 28.3. The summed E-state index contributed by atoms with van der Waals surface area (Å²) in [5.41, 5.74) is -13.6. The van der Waals surface area contributed by atoms with Gasteiger partial charge in [0.15, 0.2) is 86.0 Å². The molecule has 10 unspecified atom stereocenters. The van der Waals surface area contributed by atoms with Gasteiger partial charge < -0.3 is 99.4 Å². The third-order valence-electron chi connectivity index (χ3n) is 17.9. The molecule has 0 radical (unpaired) electrons. The minimum Gasteiger partial charge on any atom is -0.481 e. The minimum atomic E-state index is -2.92. The summed E-state index contributed by atoms with van der Waals surface area (Å²) in [5.74, 6) is -36.1. The molecule has 5 amide bonds. The fraction of sp³-hybridized carbons (Fsp3) is 0.500. The predicted molar refractivity (Wildman–Crippen MR) is 451 cm³/mol. The molecular weight excluding hydrogens is 1810 g/mol. The summed E-state index contributed by atoms with van der Waals surface area (Å²) in [6.07, 6.45) is -6.25. The van der Waals surface area contributed by atoms with E-state index >= 15 is 0 Å². The molecule has 55 heteroatoms. The smallest absolute Gasteiger partial charge is 0.336 e. The van der Waals surface area contributed by atoms with Crippen molar-refractivity contribution in [2.24, 2.45) is 64.6 Å². The van der Waals surface area contributed by atoms with Gasteiger partial charge in [0.05, 0.1) is 63.7 Å². The first-order valence-corrected chi connectivity index (χ1v) is 37.0. The lowest BCUT2D eigenvalue weighted by Crippen LogP contribution is -2.42. The maximum atomic E-state index is 12.2. The molecule has 10 atom stereocenters. The van der Waals surface area contributed by atoms with Gasteiger partial charge in [0, 0.05) is 135 Å². The molecule has 5 aliphatic heterocycles. The van der Waals surface area contributed by atoms with Crippen LogP contribution in [0.3, 0.4) is 0 Å². The van der Waals surface area contributed by atoms with E-state index in [9.17, 15) is 145 Å². The highest BCUT2D eigenvalue weighted by Crippen LogP contribution is 2.33. The van der Waals surface area contributed by atoms with Gasteiger partial charge in [-0.25, -0.2) is 48.9 Å². The summed E-state index contributed by atoms with van der Waals surface area (Å²) >= 11 is 0. The number of aliphatic carboxylic acids is 10. The topological polar surface area (TPSA) is 836 Å². The maximum absolute atomic E-state index is 12.2. The third kappa shape index (κ3) is 30.6. The molecule has 5 aromatic rings. The molecule has 10 heterocycles. The third-order valence-corrected chi connectivity index (χ3v) is 17.9. The Bertz CT molecular complexity index is 6230. The fourth-order valence-corrected chi connectivity index (χ4v) is 11.3. The normalized spacial score (nSPS) is 21.7. The number of amides is 5. The van der Waals surface area contributed by atoms with Crippen molar-refractivity contribution in [2.75, 3.05) is 59.6 Å². The maximum Gasteiger partial charge on any atom is 0.336 e. The van der Waals surface area contributed by atoms with Crippen molar-refractivity contribution in [3.05, 3.63) is 60.1 Å². The zero-order chi connectivity index (χ0) is 127. The number of fused-ring (bicyclic) bond motifs is 5. The molecule has 0 aromatic carbocycles. The van der Waals surface area contributed by atoms with Gasteiger partial charge in [0.1, 0.15) is 89.7 Å². The first-order valence-electron chi connectivity index (χ1n) is 50.0. The van der Waals surface area contributed by atoms with Crippen molar-refractivity contribution in [3.8, 4) is 0 Å². The van der Waals surface area contributed by atoms with Crippen LogP contribution >= 0.6 is 0 Å². The molecule has 5 aliphatic rings. The van der Waals surface area contributed by atoms with E-state index in [4.69, 9.17) is 86.7 Å². The number of anilines is 5. The summed E-state index contributed by atoms with van der Waals surface area (Å²) in [6.45, 7) is -14.2. The molecule has 0 bridgehead atoms. The molecule has 0 saturated heterocycles. The van der Waals surface area contributed by atoms with Crippen LogP contribution < -0.4 is 24.5 Å². The average molecular weight is 1940 g/mol. The number of rotatable bonds is 25. The number of carbonyl (C=O) groups is 25. The largest absolute Gasteiger partial charge is 0.481 e. The molecule has 0 saturated carbocycles. The Balaban J connectivity index is 0.000000900. The molecule has 135 heavy (non-hydrogen) atoms. The van der Waals surface area contributed by atoms with Crippen LogP contribution in [0.25, 0.3) is 0 Å². The van der Waals surface area contributed by atoms with Gasteiger partial charge in [-0.1, -0.05) is 0 Å². The van der Waals surface area contributed by atoms with Crippen molar-refractivity contribution in [2.45, 2.75) is 161 Å². The van der Waals surface area contributed by atoms with Crippen LogP contribution in [0.5, 0.6) is 0 Å². The van der Waals surface area contributed by atoms with E-state index in [1.54, 1.807) is 0 Å². The van der Waals surface area contributed by atoms with E-state index in [0.29, 0.717) is 23.5 Å². The number of carboxylic acids is 10. The Morgan fingerprint density at radius 2 is 0.467 bits per heavy atom. The minimum absolute atomic E-state index is 0.0109. The summed E-state index contributed by atoms with van der Waals surface area (Å²) in [6, 6.07) is 0. The molecule has 10 rings (SSSR count). The van der Waals surface area contributed by atoms with Crippen molar-refractivity contribution in [1.29, 1.82) is 0 Å². The van der Waals surface area contributed by atoms with Gasteiger partial charge in [-0.05, 0) is 69.0 Å². The van der Waals surface area contributed by atoms with Crippen LogP contribution in [-0.2, 0) is 131 Å². The summed E-state index contributed by atoms with van der Waals surface area (Å²) in [5, 5.41) is 130. The zero-order valence-corrected chi connectivity index (χ0v) is 72.3. The second-order valence-electron chi connectivity index (χ2n) is 29.3. The molecule has 15 N–H and O–H groups in total. The monoisotopic (exact) mass is 1940 g/mol. The molecule has 0 spiro atoms. The highest BCUT2D eigenvalue weighted by molar-refractivity contribution is 6.23. The Hall–Kier alpha value is -15.4. The highest BCUT2D eigenvalue weighted by atomic mass is 16.4. The lowest BCUT2D eigenvalue weighted by molar-refractivity contribution is -0.167. The first kappa shape index (κ1) is 79.4. The number of carboxylic acid groups (broad SMARTS) is 10. The first-order chi connectivity index (χ1) is 72.1. The number of nitrogens with zero attached hydrogens (tertiary/aromatic N) is 15. The van der Waals surface area contributed by atoms with Crippen molar-refractivity contribution in [1.82, 2.24) is 47.8 Å². The quantitative estimate of drug-likeness (QED) is 0.0266. The Morgan fingerprint density at radius 3 is 0.689 bits per heavy atom. The summed E-state index contributed by atoms with van der Waals surface area (Å²) < 4.78 is 195. The van der Waals surface area contributed by atoms with Gasteiger partial charge in [-0.3, -0.25) is 120 Å². The highest BCUT2D eigenvalue weighted by Gasteiger charge is 2.47. The van der Waals surface area contributed by atoms with Crippen LogP contribution in [0.2, 0.25) is 0 Å². The number of Topliss-reactive ketones (excluding diaryl/α,β-unsaturated/α-hetero) is 10. The molecular formula is C80H105N15O40. The number of ketones is 10. The summed E-state index contributed by atoms with van der Waals surface area (Å²) in [4.78, 5) is 298. The van der Waals surface area contributed by atoms with Gasteiger partial charge >= 0.3 is 59.7 Å². The second-order valence-corrected chi connectivity index (χ2v) is 29.3. The molecule has 740 valence electrons. The number of aliphatic hydroxyl groups is 5. The van der Waals surface area contributed by atoms with Gasteiger partial charge in [0.25, 0.3) is 0 Å². The number of carbonyl (C=O) groups excluding carboxylic acids is 15. The van der Waals surface area contributed by atoms with Crippen LogP contribution in [0.4, 0.5) is 29.1 Å². The van der Waals surface area contributed by atoms with Crippen LogP contribution in [0.1, 0.15) is 221 Å². The van der Waals surface area contributed by atoms with Gasteiger partial charge in [-0.2, -0.15) is 0 Å². The van der Waals surface area contributed by atoms with E-state index in [1.807, 2.05) is 0 Å². The van der Waals surface area contributed by atoms with Gasteiger partial charge in [0.2, 0.25) is 29.5 Å². The zero-order valence-electron chi connectivity index (χ0n) is 98.3. The lowest BCUT2D eigenvalue weighted by Gasteiger charge is -2.25. The molecule has 0 aliphatic carbocycles. The van der Waals surface area contributed by atoms with Crippen molar-refractivity contribution < 1.29 is 232 Å². The van der Waals surface area contributed by atoms with E-state index in [-0.39, 0.29) is 58.0 Å². The van der Waals surface area contributed by atoms with E-state index in [2.05, 4.69) is 24.9 Å². The Labute approximate surface area is 800 Å². The molecule has 5 aromatic heterocycles. The van der Waals surface area contributed by atoms with E-state index < -0.39 is 336 Å². The Morgan fingerprint density at radius 1 is 0.281 bits per heavy atom. The molecule has 55 nitrogen and oxygen atoms in total. The SMILES string of the molecule is CC(=O)CC(O)(CC(=O)O)C(=O)O.CC(=O)CC(O)(CC(=O)O)C(=O)O.CC(=O)CC(O)(CC(=O)O)C(=O)O.CC(=O)CC(O)(CC(=O)O)C(=O)O.CC(=O)CC(O)(CC(=O)O)C(=O)O.[2H]C([2H])([2H])C1C(=O)c2c(ncn2C([2H])([2H])[2H])N(C)C1=O.[2H]C([2H])([2H])C1C(=O)c2c(ncn2C)N(C([2H])([2H])[2H])C1=O.[2H]C([2H])([2H])N1C(=O)C(C)C(=O)c2c1ncn2C([2H])([2H])[2H].[2H]c1nc2c(n1C([2H])([2H])[2H])C(=O)C(C)C(=O)N2C.[2H]c1nc2c(n1C)C(=O)C(C([2H])([2H])[2H])C(=O)N2C. The predicted octanol–water partition coefficient (Wildman–Crippen LogP) is -2.64. The average Bonchev–Trinajstić information content (AvgIpc) is 1.65. The number of aromatic nitrogens is 10. The van der Waals surface area contributed by atoms with Crippen LogP contribution in [0.15, 0.2) is 31.6 Å². The number of imidazole rings is 5. The standard InChI is InChI=1S/5C9H11N3O2.5C7H10O6/c5*1-5-7(13)6-8(10-4-11(6)2)12(3)9(5)14;5*1-4(8)2-7(13,6(11)12)3-5(9)10/h5*4-5H,1-3H3;5*13H,2-3H2,1H3,(H,9,10)(H,11,12)/i2D3,4D;2D3,3D3;1D3,4D;1D3,3D3;1D3,2D3;;;;;. The number of hydrogen-bond acceptors (Lipinski definition) is 35. The van der Waals surface area contributed by atoms with E-state index in [1.165, 1.54) is 58.2 Å². The van der Waals surface area contributed by atoms with E-state index in [0.717, 1.165) is 68.3 Å². The molecule has 0 fully saturated rings. The number of aryl methyl sites for hydroxylation is 3. The second kappa shape index (κ2) is 48.1. The fourth-order valence-electron chi connectivity index (χ4n) is 11.3. The van der Waals surface area contributed by atoms with Crippen molar-refractivity contribution >= 4 is 176 Å². The summed E-state index contributed by atoms with van der Waals surface area (Å²) in [7, 11) is 6.86. The van der Waals surface area contributed by atoms with Crippen LogP contribution in [-0.4, -0.2) is 335 Å². The number of hydrogen-bond donors (Lipinski definition) is 15. The lowest BCUT2D eigenvalue weighted by atomic mass is 9.94. The van der Waals surface area contributed by atoms with Crippen molar-refractivity contribution in [3.63, 3.8) is 0 Å². The van der Waals surface area contributed by atoms with Crippen LogP contribution in [0, 0.1) is 29.6 Å². The van der Waals surface area contributed by atoms with Gasteiger partial charge in [-0.15, -0.1) is 0 Å².